The van der Waals surface area contributed by atoms with E-state index in [-0.39, 0.29) is 11.9 Å². The predicted molar refractivity (Wildman–Crippen MR) is 85.1 cm³/mol. The number of amides is 1. The van der Waals surface area contributed by atoms with Crippen LogP contribution < -0.4 is 5.32 Å². The number of thioether (sulfide) groups is 1. The summed E-state index contributed by atoms with van der Waals surface area (Å²) in [5.74, 6) is 0.280. The van der Waals surface area contributed by atoms with Gasteiger partial charge in [-0.05, 0) is 38.5 Å². The average molecular weight is 325 g/mol. The Labute approximate surface area is 133 Å². The lowest BCUT2D eigenvalue weighted by atomic mass is 10.2. The Morgan fingerprint density at radius 1 is 1.48 bits per heavy atom. The van der Waals surface area contributed by atoms with Crippen molar-refractivity contribution in [1.82, 2.24) is 20.1 Å². The molecule has 112 valence electrons. The van der Waals surface area contributed by atoms with Gasteiger partial charge in [0.05, 0.1) is 11.4 Å². The molecule has 0 aliphatic rings. The zero-order valence-corrected chi connectivity index (χ0v) is 13.7. The van der Waals surface area contributed by atoms with Gasteiger partial charge < -0.3 is 5.32 Å². The molecule has 1 aromatic heterocycles. The molecule has 1 amide bonds. The number of hydrogen-bond acceptors (Lipinski definition) is 4. The van der Waals surface area contributed by atoms with Crippen LogP contribution >= 0.6 is 23.4 Å². The zero-order chi connectivity index (χ0) is 15.4. The van der Waals surface area contributed by atoms with Gasteiger partial charge >= 0.3 is 0 Å². The van der Waals surface area contributed by atoms with Gasteiger partial charge in [-0.2, -0.15) is 0 Å². The minimum absolute atomic E-state index is 0.0218. The predicted octanol–water partition coefficient (Wildman–Crippen LogP) is 2.85. The third-order valence-electron chi connectivity index (χ3n) is 2.73. The molecule has 0 saturated carbocycles. The number of hydrogen-bond donors (Lipinski definition) is 1. The second-order valence-corrected chi connectivity index (χ2v) is 6.28. The molecule has 0 spiro atoms. The summed E-state index contributed by atoms with van der Waals surface area (Å²) in [6.07, 6.45) is 1.61. The molecular formula is C14H17ClN4OS. The topological polar surface area (TPSA) is 59.8 Å². The maximum Gasteiger partial charge on any atom is 0.230 e. The standard InChI is InChI=1S/C14H17ClN4OS/c1-9(2)17-13(20)7-21-14-18-16-8-19(14)11-5-4-10(3)12(15)6-11/h4-6,8-9H,7H2,1-3H3,(H,17,20). The minimum atomic E-state index is -0.0218. The molecule has 7 heteroatoms. The summed E-state index contributed by atoms with van der Waals surface area (Å²) in [4.78, 5) is 11.7. The molecule has 0 radical (unpaired) electrons. The van der Waals surface area contributed by atoms with E-state index in [2.05, 4.69) is 15.5 Å². The maximum absolute atomic E-state index is 11.7. The number of rotatable bonds is 5. The summed E-state index contributed by atoms with van der Waals surface area (Å²) in [5.41, 5.74) is 1.89. The van der Waals surface area contributed by atoms with E-state index >= 15 is 0 Å². The van der Waals surface area contributed by atoms with Crippen LogP contribution in [-0.4, -0.2) is 32.5 Å². The second-order valence-electron chi connectivity index (χ2n) is 4.93. The van der Waals surface area contributed by atoms with Crippen LogP contribution in [0.5, 0.6) is 0 Å². The minimum Gasteiger partial charge on any atom is -0.353 e. The number of nitrogens with one attached hydrogen (secondary N) is 1. The van der Waals surface area contributed by atoms with Crippen LogP contribution in [0.1, 0.15) is 19.4 Å². The van der Waals surface area contributed by atoms with Gasteiger partial charge in [-0.3, -0.25) is 9.36 Å². The third kappa shape index (κ3) is 4.22. The Bertz CT molecular complexity index is 642. The van der Waals surface area contributed by atoms with Crippen LogP contribution in [0.4, 0.5) is 0 Å². The van der Waals surface area contributed by atoms with Crippen LogP contribution in [0, 0.1) is 6.92 Å². The van der Waals surface area contributed by atoms with Gasteiger partial charge in [0.1, 0.15) is 6.33 Å². The molecule has 1 heterocycles. The first kappa shape index (κ1) is 15.9. The number of carbonyl (C=O) groups excluding carboxylic acids is 1. The number of nitrogens with zero attached hydrogens (tertiary/aromatic N) is 3. The molecule has 0 saturated heterocycles. The van der Waals surface area contributed by atoms with Crippen LogP contribution in [0.25, 0.3) is 5.69 Å². The molecule has 0 unspecified atom stereocenters. The van der Waals surface area contributed by atoms with E-state index in [0.29, 0.717) is 15.9 Å². The fourth-order valence-corrected chi connectivity index (χ4v) is 2.64. The van der Waals surface area contributed by atoms with E-state index in [1.54, 1.807) is 6.33 Å². The molecule has 1 aromatic carbocycles. The molecule has 0 atom stereocenters. The summed E-state index contributed by atoms with van der Waals surface area (Å²) in [6.45, 7) is 5.81. The molecule has 0 fully saturated rings. The average Bonchev–Trinajstić information content (AvgIpc) is 2.87. The van der Waals surface area contributed by atoms with Crippen molar-refractivity contribution in [2.75, 3.05) is 5.75 Å². The van der Waals surface area contributed by atoms with Gasteiger partial charge in [0, 0.05) is 11.1 Å². The summed E-state index contributed by atoms with van der Waals surface area (Å²) in [5, 5.41) is 12.1. The summed E-state index contributed by atoms with van der Waals surface area (Å²) in [6, 6.07) is 5.88. The van der Waals surface area contributed by atoms with E-state index in [9.17, 15) is 4.79 Å². The van der Waals surface area contributed by atoms with Crippen molar-refractivity contribution in [3.63, 3.8) is 0 Å². The fourth-order valence-electron chi connectivity index (χ4n) is 1.73. The van der Waals surface area contributed by atoms with Crippen molar-refractivity contribution in [2.24, 2.45) is 0 Å². The normalized spacial score (nSPS) is 10.9. The lowest BCUT2D eigenvalue weighted by Crippen LogP contribution is -2.31. The number of aryl methyl sites for hydroxylation is 1. The molecule has 1 N–H and O–H groups in total. The van der Waals surface area contributed by atoms with Crippen molar-refractivity contribution in [1.29, 1.82) is 0 Å². The summed E-state index contributed by atoms with van der Waals surface area (Å²) < 4.78 is 1.82. The molecule has 0 aliphatic carbocycles. The number of aromatic nitrogens is 3. The highest BCUT2D eigenvalue weighted by molar-refractivity contribution is 7.99. The van der Waals surface area contributed by atoms with Crippen molar-refractivity contribution >= 4 is 29.3 Å². The molecule has 0 aliphatic heterocycles. The van der Waals surface area contributed by atoms with E-state index in [0.717, 1.165) is 11.3 Å². The SMILES string of the molecule is Cc1ccc(-n2cnnc2SCC(=O)NC(C)C)cc1Cl. The zero-order valence-electron chi connectivity index (χ0n) is 12.1. The molecule has 21 heavy (non-hydrogen) atoms. The molecule has 0 bridgehead atoms. The van der Waals surface area contributed by atoms with Crippen molar-refractivity contribution in [3.05, 3.63) is 35.1 Å². The van der Waals surface area contributed by atoms with Gasteiger partial charge in [-0.15, -0.1) is 10.2 Å². The first-order valence-corrected chi connectivity index (χ1v) is 7.92. The van der Waals surface area contributed by atoms with Crippen LogP contribution in [-0.2, 0) is 4.79 Å². The lowest BCUT2D eigenvalue weighted by Gasteiger charge is -2.09. The van der Waals surface area contributed by atoms with Crippen molar-refractivity contribution in [2.45, 2.75) is 32.0 Å². The first-order valence-electron chi connectivity index (χ1n) is 6.56. The van der Waals surface area contributed by atoms with Gasteiger partial charge in [-0.25, -0.2) is 0 Å². The Hall–Kier alpha value is -1.53. The molecular weight excluding hydrogens is 308 g/mol. The Morgan fingerprint density at radius 2 is 2.24 bits per heavy atom. The second kappa shape index (κ2) is 6.95. The monoisotopic (exact) mass is 324 g/mol. The van der Waals surface area contributed by atoms with E-state index in [1.165, 1.54) is 11.8 Å². The van der Waals surface area contributed by atoms with Gasteiger partial charge in [0.25, 0.3) is 0 Å². The van der Waals surface area contributed by atoms with Gasteiger partial charge in [-0.1, -0.05) is 29.4 Å². The fraction of sp³-hybridized carbons (Fsp3) is 0.357. The maximum atomic E-state index is 11.7. The lowest BCUT2D eigenvalue weighted by molar-refractivity contribution is -0.119. The number of carbonyl (C=O) groups is 1. The molecule has 2 aromatic rings. The van der Waals surface area contributed by atoms with Gasteiger partial charge in [0.2, 0.25) is 5.91 Å². The van der Waals surface area contributed by atoms with E-state index < -0.39 is 0 Å². The van der Waals surface area contributed by atoms with Crippen LogP contribution in [0.2, 0.25) is 5.02 Å². The van der Waals surface area contributed by atoms with E-state index in [4.69, 9.17) is 11.6 Å². The Morgan fingerprint density at radius 3 is 2.90 bits per heavy atom. The highest BCUT2D eigenvalue weighted by Crippen LogP contribution is 2.23. The van der Waals surface area contributed by atoms with Crippen molar-refractivity contribution in [3.8, 4) is 5.69 Å². The summed E-state index contributed by atoms with van der Waals surface area (Å²) >= 11 is 7.49. The highest BCUT2D eigenvalue weighted by Gasteiger charge is 2.11. The van der Waals surface area contributed by atoms with E-state index in [1.807, 2.05) is 43.5 Å². The quantitative estimate of drug-likeness (QED) is 0.859. The Balaban J connectivity index is 2.11. The van der Waals surface area contributed by atoms with Crippen molar-refractivity contribution < 1.29 is 4.79 Å². The molecule has 2 rings (SSSR count). The first-order chi connectivity index (χ1) is 9.97. The third-order valence-corrected chi connectivity index (χ3v) is 4.08. The number of benzene rings is 1. The Kier molecular flexibility index (Phi) is 5.25. The van der Waals surface area contributed by atoms with Crippen LogP contribution in [0.3, 0.4) is 0 Å². The highest BCUT2D eigenvalue weighted by atomic mass is 35.5. The smallest absolute Gasteiger partial charge is 0.230 e. The van der Waals surface area contributed by atoms with Gasteiger partial charge in [0.15, 0.2) is 5.16 Å². The number of halogens is 1. The largest absolute Gasteiger partial charge is 0.353 e. The summed E-state index contributed by atoms with van der Waals surface area (Å²) in [7, 11) is 0. The van der Waals surface area contributed by atoms with Crippen LogP contribution in [0.15, 0.2) is 29.7 Å². The molecule has 5 nitrogen and oxygen atoms in total.